The molecular formula is C17H26ClFN2O. The van der Waals surface area contributed by atoms with Crippen LogP contribution in [0.4, 0.5) is 4.39 Å². The SMILES string of the molecule is CCCC(C)(N)C(=O)NCC1(c2ccc(F)cc2)CCC1.Cl. The maximum absolute atomic E-state index is 13.1. The summed E-state index contributed by atoms with van der Waals surface area (Å²) in [6.45, 7) is 4.37. The first-order chi connectivity index (χ1) is 9.89. The number of rotatable bonds is 6. The summed E-state index contributed by atoms with van der Waals surface area (Å²) in [5.41, 5.74) is 6.29. The quantitative estimate of drug-likeness (QED) is 0.841. The zero-order valence-corrected chi connectivity index (χ0v) is 14.1. The van der Waals surface area contributed by atoms with Gasteiger partial charge in [-0.25, -0.2) is 4.39 Å². The number of halogens is 2. The number of amides is 1. The number of hydrogen-bond donors (Lipinski definition) is 2. The van der Waals surface area contributed by atoms with Crippen LogP contribution in [0.1, 0.15) is 51.5 Å². The highest BCUT2D eigenvalue weighted by Crippen LogP contribution is 2.43. The van der Waals surface area contributed by atoms with E-state index in [1.165, 1.54) is 12.1 Å². The lowest BCUT2D eigenvalue weighted by molar-refractivity contribution is -0.126. The van der Waals surface area contributed by atoms with Gasteiger partial charge in [0.2, 0.25) is 5.91 Å². The van der Waals surface area contributed by atoms with Crippen molar-refractivity contribution < 1.29 is 9.18 Å². The molecule has 0 radical (unpaired) electrons. The maximum atomic E-state index is 13.1. The Balaban J connectivity index is 0.00000242. The predicted molar refractivity (Wildman–Crippen MR) is 89.7 cm³/mol. The van der Waals surface area contributed by atoms with Gasteiger partial charge in [0.1, 0.15) is 5.82 Å². The molecule has 1 aliphatic rings. The van der Waals surface area contributed by atoms with E-state index in [0.29, 0.717) is 13.0 Å². The topological polar surface area (TPSA) is 55.1 Å². The molecule has 0 spiro atoms. The van der Waals surface area contributed by atoms with Crippen molar-refractivity contribution in [1.82, 2.24) is 5.32 Å². The van der Waals surface area contributed by atoms with E-state index in [-0.39, 0.29) is 29.5 Å². The number of benzene rings is 1. The monoisotopic (exact) mass is 328 g/mol. The summed E-state index contributed by atoms with van der Waals surface area (Å²) in [5.74, 6) is -0.326. The predicted octanol–water partition coefficient (Wildman–Crippen LogP) is 3.30. The molecule has 1 aromatic carbocycles. The third-order valence-corrected chi connectivity index (χ3v) is 4.64. The number of carbonyl (C=O) groups excluding carboxylic acids is 1. The van der Waals surface area contributed by atoms with E-state index in [1.54, 1.807) is 6.92 Å². The molecule has 1 atom stereocenters. The lowest BCUT2D eigenvalue weighted by atomic mass is 9.64. The Hall–Kier alpha value is -1.13. The van der Waals surface area contributed by atoms with Crippen molar-refractivity contribution in [1.29, 1.82) is 0 Å². The Kier molecular flexibility index (Phi) is 6.38. The first-order valence-corrected chi connectivity index (χ1v) is 7.73. The molecular weight excluding hydrogens is 303 g/mol. The van der Waals surface area contributed by atoms with Crippen molar-refractivity contribution in [2.24, 2.45) is 5.73 Å². The zero-order chi connectivity index (χ0) is 15.5. The Morgan fingerprint density at radius 3 is 2.41 bits per heavy atom. The van der Waals surface area contributed by atoms with E-state index in [1.807, 2.05) is 19.1 Å². The van der Waals surface area contributed by atoms with Crippen molar-refractivity contribution in [2.75, 3.05) is 6.54 Å². The van der Waals surface area contributed by atoms with Crippen LogP contribution >= 0.6 is 12.4 Å². The molecule has 1 aliphatic carbocycles. The van der Waals surface area contributed by atoms with Crippen molar-refractivity contribution in [2.45, 2.75) is 56.9 Å². The summed E-state index contributed by atoms with van der Waals surface area (Å²) in [4.78, 5) is 12.2. The second-order valence-corrected chi connectivity index (χ2v) is 6.49. The lowest BCUT2D eigenvalue weighted by Gasteiger charge is -2.43. The summed E-state index contributed by atoms with van der Waals surface area (Å²) in [5, 5.41) is 3.01. The van der Waals surface area contributed by atoms with Gasteiger partial charge >= 0.3 is 0 Å². The van der Waals surface area contributed by atoms with Crippen molar-refractivity contribution in [3.63, 3.8) is 0 Å². The van der Waals surface area contributed by atoms with Gasteiger partial charge in [0.05, 0.1) is 5.54 Å². The third-order valence-electron chi connectivity index (χ3n) is 4.64. The van der Waals surface area contributed by atoms with Crippen LogP contribution in [0.15, 0.2) is 24.3 Å². The minimum Gasteiger partial charge on any atom is -0.354 e. The Morgan fingerprint density at radius 2 is 1.95 bits per heavy atom. The van der Waals surface area contributed by atoms with Gasteiger partial charge in [0, 0.05) is 12.0 Å². The summed E-state index contributed by atoms with van der Waals surface area (Å²) < 4.78 is 13.1. The number of nitrogens with two attached hydrogens (primary N) is 1. The van der Waals surface area contributed by atoms with Gasteiger partial charge in [-0.05, 0) is 43.9 Å². The summed E-state index contributed by atoms with van der Waals surface area (Å²) in [6, 6.07) is 6.63. The molecule has 0 saturated heterocycles. The molecule has 124 valence electrons. The summed E-state index contributed by atoms with van der Waals surface area (Å²) in [7, 11) is 0. The molecule has 0 aromatic heterocycles. The highest BCUT2D eigenvalue weighted by atomic mass is 35.5. The van der Waals surface area contributed by atoms with Crippen LogP contribution in [-0.2, 0) is 10.2 Å². The molecule has 2 rings (SSSR count). The van der Waals surface area contributed by atoms with Crippen molar-refractivity contribution in [3.8, 4) is 0 Å². The molecule has 3 nitrogen and oxygen atoms in total. The van der Waals surface area contributed by atoms with E-state index < -0.39 is 5.54 Å². The average Bonchev–Trinajstić information content (AvgIpc) is 2.39. The fraction of sp³-hybridized carbons (Fsp3) is 0.588. The molecule has 0 bridgehead atoms. The van der Waals surface area contributed by atoms with Gasteiger partial charge in [0.15, 0.2) is 0 Å². The Morgan fingerprint density at radius 1 is 1.36 bits per heavy atom. The van der Waals surface area contributed by atoms with Gasteiger partial charge in [-0.1, -0.05) is 31.9 Å². The van der Waals surface area contributed by atoms with Crippen molar-refractivity contribution in [3.05, 3.63) is 35.6 Å². The smallest absolute Gasteiger partial charge is 0.239 e. The van der Waals surface area contributed by atoms with Crippen LogP contribution in [0.2, 0.25) is 0 Å². The van der Waals surface area contributed by atoms with E-state index in [4.69, 9.17) is 5.73 Å². The maximum Gasteiger partial charge on any atom is 0.239 e. The van der Waals surface area contributed by atoms with Gasteiger partial charge in [-0.2, -0.15) is 0 Å². The molecule has 0 aliphatic heterocycles. The first-order valence-electron chi connectivity index (χ1n) is 7.73. The summed E-state index contributed by atoms with van der Waals surface area (Å²) >= 11 is 0. The minimum atomic E-state index is -0.817. The molecule has 22 heavy (non-hydrogen) atoms. The number of nitrogens with one attached hydrogen (secondary N) is 1. The number of hydrogen-bond acceptors (Lipinski definition) is 2. The van der Waals surface area contributed by atoms with Crippen LogP contribution in [-0.4, -0.2) is 18.0 Å². The first kappa shape index (κ1) is 18.9. The molecule has 1 amide bonds. The van der Waals surface area contributed by atoms with Crippen LogP contribution in [0, 0.1) is 5.82 Å². The van der Waals surface area contributed by atoms with Gasteiger partial charge in [-0.3, -0.25) is 4.79 Å². The molecule has 1 unspecified atom stereocenters. The summed E-state index contributed by atoms with van der Waals surface area (Å²) in [6.07, 6.45) is 4.73. The van der Waals surface area contributed by atoms with E-state index in [2.05, 4.69) is 5.32 Å². The second-order valence-electron chi connectivity index (χ2n) is 6.49. The third kappa shape index (κ3) is 3.99. The second kappa shape index (κ2) is 7.42. The number of carbonyl (C=O) groups is 1. The zero-order valence-electron chi connectivity index (χ0n) is 13.3. The Labute approximate surface area is 138 Å². The van der Waals surface area contributed by atoms with Crippen LogP contribution in [0.5, 0.6) is 0 Å². The molecule has 1 aromatic rings. The van der Waals surface area contributed by atoms with E-state index in [0.717, 1.165) is 31.2 Å². The van der Waals surface area contributed by atoms with Crippen LogP contribution < -0.4 is 11.1 Å². The van der Waals surface area contributed by atoms with E-state index in [9.17, 15) is 9.18 Å². The van der Waals surface area contributed by atoms with Gasteiger partial charge in [-0.15, -0.1) is 12.4 Å². The molecule has 0 heterocycles. The minimum absolute atomic E-state index is 0. The van der Waals surface area contributed by atoms with Crippen molar-refractivity contribution >= 4 is 18.3 Å². The molecule has 5 heteroatoms. The van der Waals surface area contributed by atoms with E-state index >= 15 is 0 Å². The van der Waals surface area contributed by atoms with Gasteiger partial charge < -0.3 is 11.1 Å². The Bertz CT molecular complexity index is 498. The fourth-order valence-electron chi connectivity index (χ4n) is 3.06. The molecule has 3 N–H and O–H groups in total. The standard InChI is InChI=1S/C17H25FN2O.ClH/c1-3-9-16(2,19)15(21)20-12-17(10-4-11-17)13-5-7-14(18)8-6-13;/h5-8H,3-4,9-12,19H2,1-2H3,(H,20,21);1H. The fourth-order valence-corrected chi connectivity index (χ4v) is 3.06. The van der Waals surface area contributed by atoms with Crippen LogP contribution in [0.3, 0.4) is 0 Å². The lowest BCUT2D eigenvalue weighted by Crippen LogP contribution is -2.55. The van der Waals surface area contributed by atoms with Gasteiger partial charge in [0.25, 0.3) is 0 Å². The largest absolute Gasteiger partial charge is 0.354 e. The highest BCUT2D eigenvalue weighted by molar-refractivity contribution is 5.85. The molecule has 1 fully saturated rings. The molecule has 1 saturated carbocycles. The normalized spacial score (nSPS) is 18.5. The highest BCUT2D eigenvalue weighted by Gasteiger charge is 2.40. The average molecular weight is 329 g/mol. The van der Waals surface area contributed by atoms with Crippen LogP contribution in [0.25, 0.3) is 0 Å².